The monoisotopic (exact) mass is 374 g/mol. The third kappa shape index (κ3) is 7.44. The average molecular weight is 375 g/mol. The van der Waals surface area contributed by atoms with Gasteiger partial charge in [-0.1, -0.05) is 43.3 Å². The summed E-state index contributed by atoms with van der Waals surface area (Å²) in [6.45, 7) is 6.63. The third-order valence-electron chi connectivity index (χ3n) is 3.72. The van der Waals surface area contributed by atoms with Gasteiger partial charge in [-0.05, 0) is 24.9 Å². The highest BCUT2D eigenvalue weighted by atomic mass is 35.5. The highest BCUT2D eigenvalue weighted by molar-refractivity contribution is 6.60. The largest absolute Gasteiger partial charge is 0.502 e. The molecule has 0 aromatic heterocycles. The molecule has 138 valence electrons. The van der Waals surface area contributed by atoms with Crippen LogP contribution in [0.1, 0.15) is 25.3 Å². The Morgan fingerprint density at radius 3 is 2.46 bits per heavy atom. The molecule has 7 heteroatoms. The predicted octanol–water partition coefficient (Wildman–Crippen LogP) is 2.87. The molecule has 2 unspecified atom stereocenters. The van der Waals surface area contributed by atoms with E-state index in [0.29, 0.717) is 32.0 Å². The number of hydrogen-bond acceptors (Lipinski definition) is 5. The van der Waals surface area contributed by atoms with Gasteiger partial charge in [-0.25, -0.2) is 0 Å². The summed E-state index contributed by atoms with van der Waals surface area (Å²) in [5.74, 6) is 0. The first-order chi connectivity index (χ1) is 11.0. The summed E-state index contributed by atoms with van der Waals surface area (Å²) in [4.78, 5) is 0. The van der Waals surface area contributed by atoms with E-state index in [2.05, 4.69) is 6.58 Å². The molecule has 0 saturated heterocycles. The Kier molecular flexibility index (Phi) is 11.4. The van der Waals surface area contributed by atoms with Gasteiger partial charge in [0, 0.05) is 19.6 Å². The summed E-state index contributed by atoms with van der Waals surface area (Å²) >= 11 is 0. The van der Waals surface area contributed by atoms with E-state index in [9.17, 15) is 0 Å². The topological polar surface area (TPSA) is 79.7 Å². The van der Waals surface area contributed by atoms with Crippen molar-refractivity contribution in [3.63, 3.8) is 0 Å². The SMILES string of the molecule is C=CCO[Si](CCCN)(OC)OC(N)(CC)Cc1ccccc1.Cl. The highest BCUT2D eigenvalue weighted by Gasteiger charge is 2.45. The number of hydrogen-bond donors (Lipinski definition) is 2. The van der Waals surface area contributed by atoms with Gasteiger partial charge >= 0.3 is 8.80 Å². The fourth-order valence-electron chi connectivity index (χ4n) is 2.34. The second-order valence-electron chi connectivity index (χ2n) is 5.56. The molecule has 0 spiro atoms. The zero-order valence-corrected chi connectivity index (χ0v) is 16.5. The van der Waals surface area contributed by atoms with Gasteiger partial charge in [0.05, 0.1) is 6.61 Å². The third-order valence-corrected chi connectivity index (χ3v) is 6.63. The molecule has 0 amide bonds. The van der Waals surface area contributed by atoms with Gasteiger partial charge in [-0.15, -0.1) is 19.0 Å². The van der Waals surface area contributed by atoms with Gasteiger partial charge in [-0.3, -0.25) is 0 Å². The quantitative estimate of drug-likeness (QED) is 0.334. The maximum atomic E-state index is 6.53. The van der Waals surface area contributed by atoms with Crippen LogP contribution in [0.5, 0.6) is 0 Å². The van der Waals surface area contributed by atoms with Crippen molar-refractivity contribution in [2.24, 2.45) is 11.5 Å². The lowest BCUT2D eigenvalue weighted by atomic mass is 10.0. The molecule has 2 atom stereocenters. The van der Waals surface area contributed by atoms with E-state index in [1.807, 2.05) is 37.3 Å². The molecule has 1 aromatic rings. The Morgan fingerprint density at radius 2 is 1.96 bits per heavy atom. The van der Waals surface area contributed by atoms with Gasteiger partial charge in [0.15, 0.2) is 0 Å². The minimum Gasteiger partial charge on any atom is -0.377 e. The van der Waals surface area contributed by atoms with Crippen molar-refractivity contribution >= 4 is 21.2 Å². The molecule has 0 aliphatic rings. The van der Waals surface area contributed by atoms with Crippen LogP contribution < -0.4 is 11.5 Å². The molecule has 0 fully saturated rings. The maximum Gasteiger partial charge on any atom is 0.502 e. The van der Waals surface area contributed by atoms with Crippen LogP contribution in [0.25, 0.3) is 0 Å². The van der Waals surface area contributed by atoms with E-state index in [-0.39, 0.29) is 12.4 Å². The smallest absolute Gasteiger partial charge is 0.377 e. The van der Waals surface area contributed by atoms with E-state index < -0.39 is 14.5 Å². The Hall–Kier alpha value is -0.733. The van der Waals surface area contributed by atoms with Crippen LogP contribution in [0.15, 0.2) is 43.0 Å². The van der Waals surface area contributed by atoms with Crippen LogP contribution in [0.3, 0.4) is 0 Å². The van der Waals surface area contributed by atoms with Crippen molar-refractivity contribution < 1.29 is 13.3 Å². The first-order valence-corrected chi connectivity index (χ1v) is 9.99. The minimum absolute atomic E-state index is 0. The van der Waals surface area contributed by atoms with Crippen LogP contribution in [0.2, 0.25) is 6.04 Å². The highest BCUT2D eigenvalue weighted by Crippen LogP contribution is 2.26. The van der Waals surface area contributed by atoms with Gasteiger partial charge in [-0.2, -0.15) is 0 Å². The van der Waals surface area contributed by atoms with Crippen LogP contribution in [0.4, 0.5) is 0 Å². The summed E-state index contributed by atoms with van der Waals surface area (Å²) < 4.78 is 17.9. The first-order valence-electron chi connectivity index (χ1n) is 8.06. The maximum absolute atomic E-state index is 6.53. The van der Waals surface area contributed by atoms with E-state index >= 15 is 0 Å². The predicted molar refractivity (Wildman–Crippen MR) is 103 cm³/mol. The number of nitrogens with two attached hydrogens (primary N) is 2. The average Bonchev–Trinajstić information content (AvgIpc) is 2.58. The minimum atomic E-state index is -2.90. The fraction of sp³-hybridized carbons (Fsp3) is 0.529. The summed E-state index contributed by atoms with van der Waals surface area (Å²) in [6, 6.07) is 10.7. The molecule has 1 rings (SSSR count). The molecule has 0 bridgehead atoms. The van der Waals surface area contributed by atoms with Crippen molar-refractivity contribution in [2.75, 3.05) is 20.3 Å². The number of rotatable bonds is 12. The van der Waals surface area contributed by atoms with Crippen LogP contribution >= 0.6 is 12.4 Å². The lowest BCUT2D eigenvalue weighted by molar-refractivity contribution is -0.0211. The zero-order valence-electron chi connectivity index (χ0n) is 14.7. The van der Waals surface area contributed by atoms with Gasteiger partial charge < -0.3 is 24.7 Å². The van der Waals surface area contributed by atoms with Crippen LogP contribution in [-0.4, -0.2) is 34.8 Å². The first kappa shape index (κ1) is 23.3. The van der Waals surface area contributed by atoms with Crippen molar-refractivity contribution in [1.82, 2.24) is 0 Å². The van der Waals surface area contributed by atoms with Crippen molar-refractivity contribution in [2.45, 2.75) is 38.0 Å². The van der Waals surface area contributed by atoms with Crippen LogP contribution in [0, 0.1) is 0 Å². The van der Waals surface area contributed by atoms with E-state index in [1.54, 1.807) is 13.2 Å². The van der Waals surface area contributed by atoms with Gasteiger partial charge in [0.1, 0.15) is 5.72 Å². The van der Waals surface area contributed by atoms with Crippen molar-refractivity contribution in [1.29, 1.82) is 0 Å². The van der Waals surface area contributed by atoms with E-state index in [1.165, 1.54) is 0 Å². The van der Waals surface area contributed by atoms with E-state index in [4.69, 9.17) is 24.7 Å². The van der Waals surface area contributed by atoms with Gasteiger partial charge in [0.25, 0.3) is 0 Å². The second kappa shape index (κ2) is 11.8. The molecular formula is C17H31ClN2O3Si. The molecule has 0 radical (unpaired) electrons. The standard InChI is InChI=1S/C17H30N2O3Si.ClH/c1-4-13-21-23(20-3,14-9-12-18)22-17(19,5-2)15-16-10-7-6-8-11-16;/h4,6-8,10-11H,1,5,9,12-15,18-19H2,2-3H3;1H. The normalized spacial score (nSPS) is 15.8. The molecular weight excluding hydrogens is 344 g/mol. The second-order valence-corrected chi connectivity index (χ2v) is 8.33. The molecule has 1 aromatic carbocycles. The molecule has 4 N–H and O–H groups in total. The number of halogens is 1. The van der Waals surface area contributed by atoms with E-state index in [0.717, 1.165) is 12.0 Å². The summed E-state index contributed by atoms with van der Waals surface area (Å²) in [5.41, 5.74) is 12.5. The van der Waals surface area contributed by atoms with Crippen molar-refractivity contribution in [3.8, 4) is 0 Å². The lowest BCUT2D eigenvalue weighted by Gasteiger charge is -2.38. The molecule has 0 aliphatic heterocycles. The lowest BCUT2D eigenvalue weighted by Crippen LogP contribution is -2.57. The Labute approximate surface area is 153 Å². The molecule has 0 saturated carbocycles. The Morgan fingerprint density at radius 1 is 1.29 bits per heavy atom. The Bertz CT molecular complexity index is 466. The summed E-state index contributed by atoms with van der Waals surface area (Å²) in [7, 11) is -1.28. The molecule has 0 heterocycles. The fourth-order valence-corrected chi connectivity index (χ4v) is 4.90. The number of benzene rings is 1. The molecule has 24 heavy (non-hydrogen) atoms. The van der Waals surface area contributed by atoms with Gasteiger partial charge in [0.2, 0.25) is 0 Å². The molecule has 0 aliphatic carbocycles. The van der Waals surface area contributed by atoms with Crippen molar-refractivity contribution in [3.05, 3.63) is 48.6 Å². The van der Waals surface area contributed by atoms with Crippen LogP contribution in [-0.2, 0) is 19.7 Å². The molecule has 5 nitrogen and oxygen atoms in total. The summed E-state index contributed by atoms with van der Waals surface area (Å²) in [6.07, 6.45) is 3.71. The summed E-state index contributed by atoms with van der Waals surface area (Å²) in [5, 5.41) is 0. The Balaban J connectivity index is 0.00000529. The zero-order chi connectivity index (χ0) is 17.2.